The third kappa shape index (κ3) is 4.02. The number of nitrogens with zero attached hydrogens (tertiary/aromatic N) is 2. The van der Waals surface area contributed by atoms with Crippen LogP contribution in [-0.2, 0) is 17.1 Å². The molecule has 0 spiro atoms. The molecule has 1 fully saturated rings. The maximum atomic E-state index is 13.0. The molecule has 0 aliphatic heterocycles. The van der Waals surface area contributed by atoms with Crippen LogP contribution in [0.15, 0.2) is 48.5 Å². The van der Waals surface area contributed by atoms with Gasteiger partial charge >= 0.3 is 0 Å². The monoisotopic (exact) mass is 395 g/mol. The van der Waals surface area contributed by atoms with Gasteiger partial charge in [0.1, 0.15) is 18.1 Å². The number of aromatic nitrogens is 2. The van der Waals surface area contributed by atoms with Gasteiger partial charge in [0.25, 0.3) is 0 Å². The van der Waals surface area contributed by atoms with E-state index in [-0.39, 0.29) is 18.5 Å². The summed E-state index contributed by atoms with van der Waals surface area (Å²) in [5.41, 5.74) is 3.08. The number of carbonyl (C=O) groups is 1. The van der Waals surface area contributed by atoms with Gasteiger partial charge in [-0.2, -0.15) is 11.8 Å². The number of ether oxygens (including phenoxy) is 1. The molecule has 6 heteroatoms. The Labute approximate surface area is 169 Å². The van der Waals surface area contributed by atoms with Crippen LogP contribution >= 0.6 is 11.8 Å². The molecule has 1 aromatic heterocycles. The number of fused-ring (bicyclic) bond motifs is 1. The lowest BCUT2D eigenvalue weighted by Crippen LogP contribution is -2.33. The van der Waals surface area contributed by atoms with Crippen molar-refractivity contribution in [3.63, 3.8) is 0 Å². The second-order valence-corrected chi connectivity index (χ2v) is 8.06. The summed E-state index contributed by atoms with van der Waals surface area (Å²) in [6.07, 6.45) is 4.36. The van der Waals surface area contributed by atoms with E-state index in [4.69, 9.17) is 9.72 Å². The molecule has 2 aromatic carbocycles. The van der Waals surface area contributed by atoms with Crippen LogP contribution in [0.1, 0.15) is 30.3 Å². The van der Waals surface area contributed by atoms with Crippen molar-refractivity contribution in [3.05, 3.63) is 59.9 Å². The van der Waals surface area contributed by atoms with E-state index in [1.165, 1.54) is 0 Å². The Morgan fingerprint density at radius 2 is 2.00 bits per heavy atom. The van der Waals surface area contributed by atoms with Gasteiger partial charge in [0.05, 0.1) is 29.9 Å². The van der Waals surface area contributed by atoms with Crippen molar-refractivity contribution < 1.29 is 9.53 Å². The molecule has 1 aliphatic rings. The number of nitrogens with one attached hydrogen (secondary N) is 1. The highest BCUT2D eigenvalue weighted by atomic mass is 32.2. The third-order valence-electron chi connectivity index (χ3n) is 5.19. The van der Waals surface area contributed by atoms with Gasteiger partial charge in [-0.15, -0.1) is 0 Å². The Bertz CT molecular complexity index is 964. The fraction of sp³-hybridized carbons (Fsp3) is 0.364. The summed E-state index contributed by atoms with van der Waals surface area (Å²) in [6.45, 7) is 0.287. The third-order valence-corrected chi connectivity index (χ3v) is 5.74. The molecule has 1 unspecified atom stereocenters. The van der Waals surface area contributed by atoms with E-state index in [9.17, 15) is 4.79 Å². The molecule has 1 aliphatic carbocycles. The van der Waals surface area contributed by atoms with E-state index >= 15 is 0 Å². The highest BCUT2D eigenvalue weighted by Gasteiger charge is 2.33. The van der Waals surface area contributed by atoms with Gasteiger partial charge in [0.15, 0.2) is 0 Å². The van der Waals surface area contributed by atoms with Crippen molar-refractivity contribution >= 4 is 28.7 Å². The molecular weight excluding hydrogens is 370 g/mol. The predicted octanol–water partition coefficient (Wildman–Crippen LogP) is 4.18. The largest absolute Gasteiger partial charge is 0.497 e. The highest BCUT2D eigenvalue weighted by molar-refractivity contribution is 7.97. The molecule has 0 bridgehead atoms. The summed E-state index contributed by atoms with van der Waals surface area (Å²) in [6, 6.07) is 16.1. The number of para-hydroxylation sites is 2. The van der Waals surface area contributed by atoms with Crippen LogP contribution in [0.5, 0.6) is 5.75 Å². The second-order valence-electron chi connectivity index (χ2n) is 7.19. The fourth-order valence-corrected chi connectivity index (χ4v) is 4.10. The van der Waals surface area contributed by atoms with Gasteiger partial charge in [-0.25, -0.2) is 4.98 Å². The van der Waals surface area contributed by atoms with Gasteiger partial charge in [0, 0.05) is 0 Å². The zero-order chi connectivity index (χ0) is 19.5. The standard InChI is InChI=1S/C22H25N3O2S/c1-27-17-11-9-16(10-12-17)22(15-7-8-15)24-21(26)13-25-19-6-4-3-5-18(19)23-20(25)14-28-2/h3-6,9-12,15,22H,7-8,13-14H2,1-2H3,(H,24,26). The van der Waals surface area contributed by atoms with Crippen molar-refractivity contribution in [3.8, 4) is 5.75 Å². The molecule has 146 valence electrons. The Hall–Kier alpha value is -2.47. The van der Waals surface area contributed by atoms with Crippen LogP contribution < -0.4 is 10.1 Å². The lowest BCUT2D eigenvalue weighted by Gasteiger charge is -2.20. The molecule has 4 rings (SSSR count). The zero-order valence-corrected chi connectivity index (χ0v) is 17.0. The number of imidazole rings is 1. The Kier molecular flexibility index (Phi) is 5.57. The van der Waals surface area contributed by atoms with Crippen LogP contribution in [0.2, 0.25) is 0 Å². The van der Waals surface area contributed by atoms with Crippen molar-refractivity contribution in [2.24, 2.45) is 5.92 Å². The molecule has 0 radical (unpaired) electrons. The summed E-state index contributed by atoms with van der Waals surface area (Å²) in [7, 11) is 1.66. The first-order chi connectivity index (χ1) is 13.7. The van der Waals surface area contributed by atoms with Crippen molar-refractivity contribution in [1.29, 1.82) is 0 Å². The maximum Gasteiger partial charge on any atom is 0.240 e. The van der Waals surface area contributed by atoms with Crippen LogP contribution in [0.3, 0.4) is 0 Å². The Morgan fingerprint density at radius 3 is 2.68 bits per heavy atom. The minimum Gasteiger partial charge on any atom is -0.497 e. The number of carbonyl (C=O) groups excluding carboxylic acids is 1. The van der Waals surface area contributed by atoms with Gasteiger partial charge in [-0.3, -0.25) is 4.79 Å². The quantitative estimate of drug-likeness (QED) is 0.622. The number of rotatable bonds is 8. The maximum absolute atomic E-state index is 13.0. The zero-order valence-electron chi connectivity index (χ0n) is 16.2. The number of methoxy groups -OCH3 is 1. The lowest BCUT2D eigenvalue weighted by atomic mass is 10.0. The minimum atomic E-state index is 0.0261. The van der Waals surface area contributed by atoms with Gasteiger partial charge in [-0.05, 0) is 54.8 Å². The number of hydrogen-bond donors (Lipinski definition) is 1. The lowest BCUT2D eigenvalue weighted by molar-refractivity contribution is -0.122. The molecule has 28 heavy (non-hydrogen) atoms. The van der Waals surface area contributed by atoms with E-state index in [2.05, 4.69) is 11.6 Å². The van der Waals surface area contributed by atoms with Crippen LogP contribution in [0.25, 0.3) is 11.0 Å². The number of hydrogen-bond acceptors (Lipinski definition) is 4. The van der Waals surface area contributed by atoms with E-state index < -0.39 is 0 Å². The number of amides is 1. The molecule has 1 amide bonds. The highest BCUT2D eigenvalue weighted by Crippen LogP contribution is 2.41. The normalized spacial score (nSPS) is 14.8. The first-order valence-electron chi connectivity index (χ1n) is 9.56. The van der Waals surface area contributed by atoms with Crippen molar-refractivity contribution in [2.45, 2.75) is 31.2 Å². The molecule has 5 nitrogen and oxygen atoms in total. The fourth-order valence-electron chi connectivity index (χ4n) is 3.62. The van der Waals surface area contributed by atoms with Gasteiger partial charge < -0.3 is 14.6 Å². The molecule has 1 heterocycles. The molecule has 1 saturated carbocycles. The van der Waals surface area contributed by atoms with Gasteiger partial charge in [-0.1, -0.05) is 24.3 Å². The van der Waals surface area contributed by atoms with E-state index in [0.29, 0.717) is 5.92 Å². The SMILES string of the molecule is COc1ccc(C(NC(=O)Cn2c(CSC)nc3ccccc32)C2CC2)cc1. The molecule has 3 aromatic rings. The number of benzene rings is 2. The summed E-state index contributed by atoms with van der Waals surface area (Å²) in [4.78, 5) is 17.7. The first-order valence-corrected chi connectivity index (χ1v) is 11.0. The van der Waals surface area contributed by atoms with Crippen LogP contribution in [0, 0.1) is 5.92 Å². The molecule has 1 atom stereocenters. The first kappa shape index (κ1) is 18.9. The van der Waals surface area contributed by atoms with Crippen molar-refractivity contribution in [1.82, 2.24) is 14.9 Å². The summed E-state index contributed by atoms with van der Waals surface area (Å²) in [5, 5.41) is 3.27. The predicted molar refractivity (Wildman–Crippen MR) is 114 cm³/mol. The Balaban J connectivity index is 1.54. The molecular formula is C22H25N3O2S. The van der Waals surface area contributed by atoms with Crippen LogP contribution in [-0.4, -0.2) is 28.8 Å². The topological polar surface area (TPSA) is 56.1 Å². The molecule has 1 N–H and O–H groups in total. The van der Waals surface area contributed by atoms with Crippen LogP contribution in [0.4, 0.5) is 0 Å². The van der Waals surface area contributed by atoms with Crippen molar-refractivity contribution in [2.75, 3.05) is 13.4 Å². The van der Waals surface area contributed by atoms with E-state index in [1.807, 2.05) is 53.1 Å². The van der Waals surface area contributed by atoms with Gasteiger partial charge in [0.2, 0.25) is 5.91 Å². The Morgan fingerprint density at radius 1 is 1.25 bits per heavy atom. The van der Waals surface area contributed by atoms with E-state index in [0.717, 1.165) is 46.8 Å². The molecule has 0 saturated heterocycles. The van der Waals surface area contributed by atoms with E-state index in [1.54, 1.807) is 18.9 Å². The summed E-state index contributed by atoms with van der Waals surface area (Å²) < 4.78 is 7.29. The smallest absolute Gasteiger partial charge is 0.240 e. The number of thioether (sulfide) groups is 1. The second kappa shape index (κ2) is 8.27. The minimum absolute atomic E-state index is 0.0261. The average molecular weight is 396 g/mol. The average Bonchev–Trinajstić information content (AvgIpc) is 3.51. The summed E-state index contributed by atoms with van der Waals surface area (Å²) >= 11 is 1.71. The summed E-state index contributed by atoms with van der Waals surface area (Å²) in [5.74, 6) is 3.10.